The first-order chi connectivity index (χ1) is 8.57. The zero-order chi connectivity index (χ0) is 12.8. The van der Waals surface area contributed by atoms with Crippen molar-refractivity contribution in [3.8, 4) is 0 Å². The number of para-hydroxylation sites is 4. The minimum Gasteiger partial charge on any atom is -0.352 e. The lowest BCUT2D eigenvalue weighted by Crippen LogP contribution is -2.39. The molecule has 0 radical (unpaired) electrons. The number of anilines is 4. The highest BCUT2D eigenvalue weighted by molar-refractivity contribution is 5.92. The minimum absolute atomic E-state index is 0.0499. The van der Waals surface area contributed by atoms with Gasteiger partial charge in [0.05, 0.1) is 22.7 Å². The molecule has 0 aliphatic carbocycles. The van der Waals surface area contributed by atoms with Crippen LogP contribution < -0.4 is 10.2 Å². The van der Waals surface area contributed by atoms with E-state index < -0.39 is 0 Å². The van der Waals surface area contributed by atoms with Gasteiger partial charge in [-0.15, -0.1) is 0 Å². The average molecular weight is 238 g/mol. The van der Waals surface area contributed by atoms with Gasteiger partial charge in [-0.3, -0.25) is 0 Å². The Bertz CT molecular complexity index is 536. The van der Waals surface area contributed by atoms with Crippen molar-refractivity contribution < 1.29 is 0 Å². The lowest BCUT2D eigenvalue weighted by molar-refractivity contribution is 0.560. The molecule has 0 amide bonds. The summed E-state index contributed by atoms with van der Waals surface area (Å²) in [5, 5.41) is 3.50. The molecule has 2 heteroatoms. The summed E-state index contributed by atoms with van der Waals surface area (Å²) in [4.78, 5) is 2.40. The maximum atomic E-state index is 3.50. The predicted molar refractivity (Wildman–Crippen MR) is 78.1 cm³/mol. The SMILES string of the molecule is CC(C)(C)N1c2ccccc2Nc2ccccc21. The molecule has 0 atom stereocenters. The van der Waals surface area contributed by atoms with E-state index in [9.17, 15) is 0 Å². The molecule has 0 fully saturated rings. The van der Waals surface area contributed by atoms with Crippen LogP contribution in [0.2, 0.25) is 0 Å². The number of hydrogen-bond acceptors (Lipinski definition) is 2. The molecule has 0 spiro atoms. The first-order valence-corrected chi connectivity index (χ1v) is 6.33. The zero-order valence-electron chi connectivity index (χ0n) is 11.1. The van der Waals surface area contributed by atoms with Crippen molar-refractivity contribution >= 4 is 22.7 Å². The Kier molecular flexibility index (Phi) is 2.34. The van der Waals surface area contributed by atoms with Crippen molar-refractivity contribution in [2.45, 2.75) is 26.3 Å². The van der Waals surface area contributed by atoms with Crippen molar-refractivity contribution in [3.63, 3.8) is 0 Å². The van der Waals surface area contributed by atoms with Crippen LogP contribution in [-0.4, -0.2) is 5.54 Å². The van der Waals surface area contributed by atoms with Crippen LogP contribution in [0.25, 0.3) is 0 Å². The van der Waals surface area contributed by atoms with Crippen LogP contribution in [0.4, 0.5) is 22.7 Å². The molecule has 92 valence electrons. The lowest BCUT2D eigenvalue weighted by atomic mass is 9.99. The van der Waals surface area contributed by atoms with Crippen LogP contribution in [0.15, 0.2) is 48.5 Å². The van der Waals surface area contributed by atoms with E-state index in [1.165, 1.54) is 22.7 Å². The molecule has 18 heavy (non-hydrogen) atoms. The van der Waals surface area contributed by atoms with Crippen molar-refractivity contribution in [2.75, 3.05) is 10.2 Å². The second kappa shape index (κ2) is 3.77. The highest BCUT2D eigenvalue weighted by Gasteiger charge is 2.30. The second-order valence-electron chi connectivity index (χ2n) is 5.67. The number of nitrogens with zero attached hydrogens (tertiary/aromatic N) is 1. The van der Waals surface area contributed by atoms with Crippen LogP contribution in [0.3, 0.4) is 0 Å². The number of benzene rings is 2. The van der Waals surface area contributed by atoms with Gasteiger partial charge in [-0.05, 0) is 45.0 Å². The number of hydrogen-bond donors (Lipinski definition) is 1. The van der Waals surface area contributed by atoms with E-state index >= 15 is 0 Å². The van der Waals surface area contributed by atoms with Gasteiger partial charge in [-0.2, -0.15) is 0 Å². The lowest BCUT2D eigenvalue weighted by Gasteiger charge is -2.42. The molecular weight excluding hydrogens is 220 g/mol. The van der Waals surface area contributed by atoms with Crippen molar-refractivity contribution in [3.05, 3.63) is 48.5 Å². The topological polar surface area (TPSA) is 15.3 Å². The number of fused-ring (bicyclic) bond motifs is 2. The van der Waals surface area contributed by atoms with Crippen LogP contribution in [-0.2, 0) is 0 Å². The Hall–Kier alpha value is -1.96. The van der Waals surface area contributed by atoms with E-state index in [4.69, 9.17) is 0 Å². The van der Waals surface area contributed by atoms with Crippen molar-refractivity contribution in [2.24, 2.45) is 0 Å². The molecule has 2 aromatic rings. The molecule has 0 saturated carbocycles. The normalized spacial score (nSPS) is 13.6. The van der Waals surface area contributed by atoms with Crippen LogP contribution >= 0.6 is 0 Å². The standard InChI is InChI=1S/C16H18N2/c1-16(2,3)18-14-10-6-4-8-12(14)17-13-9-5-7-11-15(13)18/h4-11,17H,1-3H3. The monoisotopic (exact) mass is 238 g/mol. The van der Waals surface area contributed by atoms with Crippen LogP contribution in [0.5, 0.6) is 0 Å². The number of nitrogens with one attached hydrogen (secondary N) is 1. The average Bonchev–Trinajstić information content (AvgIpc) is 2.34. The Morgan fingerprint density at radius 1 is 0.778 bits per heavy atom. The molecule has 3 rings (SSSR count). The van der Waals surface area contributed by atoms with Crippen molar-refractivity contribution in [1.29, 1.82) is 0 Å². The molecule has 0 aromatic heterocycles. The summed E-state index contributed by atoms with van der Waals surface area (Å²) >= 11 is 0. The summed E-state index contributed by atoms with van der Waals surface area (Å²) < 4.78 is 0. The van der Waals surface area contributed by atoms with E-state index in [0.717, 1.165) is 0 Å². The fourth-order valence-electron chi connectivity index (χ4n) is 2.55. The Balaban J connectivity index is 2.24. The largest absolute Gasteiger partial charge is 0.352 e. The molecule has 2 aromatic carbocycles. The van der Waals surface area contributed by atoms with Gasteiger partial charge in [0.1, 0.15) is 0 Å². The van der Waals surface area contributed by atoms with Gasteiger partial charge in [0.15, 0.2) is 0 Å². The third-order valence-corrected chi connectivity index (χ3v) is 3.23. The van der Waals surface area contributed by atoms with E-state index in [2.05, 4.69) is 79.5 Å². The van der Waals surface area contributed by atoms with Gasteiger partial charge >= 0.3 is 0 Å². The summed E-state index contributed by atoms with van der Waals surface area (Å²) in [6, 6.07) is 16.9. The fourth-order valence-corrected chi connectivity index (χ4v) is 2.55. The van der Waals surface area contributed by atoms with Gasteiger partial charge < -0.3 is 10.2 Å². The van der Waals surface area contributed by atoms with E-state index in [1.54, 1.807) is 0 Å². The molecule has 1 heterocycles. The van der Waals surface area contributed by atoms with Gasteiger partial charge in [0.25, 0.3) is 0 Å². The smallest absolute Gasteiger partial charge is 0.0655 e. The molecule has 0 saturated heterocycles. The molecule has 0 unspecified atom stereocenters. The van der Waals surface area contributed by atoms with Crippen LogP contribution in [0, 0.1) is 0 Å². The van der Waals surface area contributed by atoms with Gasteiger partial charge in [-0.25, -0.2) is 0 Å². The highest BCUT2D eigenvalue weighted by Crippen LogP contribution is 2.46. The highest BCUT2D eigenvalue weighted by atomic mass is 15.2. The van der Waals surface area contributed by atoms with Crippen molar-refractivity contribution in [1.82, 2.24) is 0 Å². The van der Waals surface area contributed by atoms with Crippen LogP contribution in [0.1, 0.15) is 20.8 Å². The van der Waals surface area contributed by atoms with E-state index in [1.807, 2.05) is 0 Å². The van der Waals surface area contributed by atoms with E-state index in [-0.39, 0.29) is 5.54 Å². The summed E-state index contributed by atoms with van der Waals surface area (Å²) in [5.41, 5.74) is 4.87. The number of rotatable bonds is 0. The Morgan fingerprint density at radius 2 is 1.22 bits per heavy atom. The quantitative estimate of drug-likeness (QED) is 0.717. The molecule has 1 aliphatic rings. The van der Waals surface area contributed by atoms with Gasteiger partial charge in [0.2, 0.25) is 0 Å². The second-order valence-corrected chi connectivity index (χ2v) is 5.67. The Labute approximate surface area is 108 Å². The molecule has 1 N–H and O–H groups in total. The van der Waals surface area contributed by atoms with E-state index in [0.29, 0.717) is 0 Å². The zero-order valence-corrected chi connectivity index (χ0v) is 11.1. The fraction of sp³-hybridized carbons (Fsp3) is 0.250. The maximum Gasteiger partial charge on any atom is 0.0655 e. The predicted octanol–water partition coefficient (Wildman–Crippen LogP) is 4.68. The summed E-state index contributed by atoms with van der Waals surface area (Å²) in [5.74, 6) is 0. The summed E-state index contributed by atoms with van der Waals surface area (Å²) in [6.45, 7) is 6.73. The molecular formula is C16H18N2. The molecule has 0 bridgehead atoms. The first kappa shape index (κ1) is 11.1. The van der Waals surface area contributed by atoms with Gasteiger partial charge in [-0.1, -0.05) is 24.3 Å². The molecule has 2 nitrogen and oxygen atoms in total. The summed E-state index contributed by atoms with van der Waals surface area (Å²) in [7, 11) is 0. The minimum atomic E-state index is 0.0499. The third kappa shape index (κ3) is 1.65. The maximum absolute atomic E-state index is 3.50. The Morgan fingerprint density at radius 3 is 1.67 bits per heavy atom. The third-order valence-electron chi connectivity index (χ3n) is 3.23. The first-order valence-electron chi connectivity index (χ1n) is 6.33. The molecule has 1 aliphatic heterocycles. The summed E-state index contributed by atoms with van der Waals surface area (Å²) in [6.07, 6.45) is 0. The van der Waals surface area contributed by atoms with Gasteiger partial charge in [0, 0.05) is 5.54 Å².